The minimum atomic E-state index is -1.74. The van der Waals surface area contributed by atoms with Crippen LogP contribution >= 0.6 is 21.6 Å². The number of carbonyl (C=O) groups excluding carboxylic acids is 6. The fourth-order valence-electron chi connectivity index (χ4n) is 6.62. The van der Waals surface area contributed by atoms with Gasteiger partial charge in [0.2, 0.25) is 35.4 Å². The molecule has 0 radical (unpaired) electrons. The van der Waals surface area contributed by atoms with Crippen molar-refractivity contribution in [1.82, 2.24) is 36.9 Å². The first-order chi connectivity index (χ1) is 31.9. The van der Waals surface area contributed by atoms with E-state index in [9.17, 15) is 54.0 Å². The van der Waals surface area contributed by atoms with Gasteiger partial charge in [-0.1, -0.05) is 82.3 Å². The third-order valence-corrected chi connectivity index (χ3v) is 12.8. The number of hydrogen-bond acceptors (Lipinski definition) is 14. The van der Waals surface area contributed by atoms with E-state index in [0.29, 0.717) is 5.56 Å². The van der Waals surface area contributed by atoms with Crippen molar-refractivity contribution in [3.63, 3.8) is 0 Å². The molecule has 4 rings (SSSR count). The Morgan fingerprint density at radius 2 is 1.13 bits per heavy atom. The van der Waals surface area contributed by atoms with Crippen molar-refractivity contribution >= 4 is 73.9 Å². The summed E-state index contributed by atoms with van der Waals surface area (Å²) in [6.45, 7) is 4.41. The number of carboxylic acids is 1. The van der Waals surface area contributed by atoms with Crippen LogP contribution in [0.2, 0.25) is 0 Å². The summed E-state index contributed by atoms with van der Waals surface area (Å²) >= 11 is 0. The van der Waals surface area contributed by atoms with Crippen molar-refractivity contribution in [2.24, 2.45) is 11.5 Å². The molecule has 0 aliphatic carbocycles. The molecule has 1 heterocycles. The fraction of sp³-hybridized carbons (Fsp3) is 0.400. The van der Waals surface area contributed by atoms with Crippen molar-refractivity contribution in [3.05, 3.63) is 102 Å². The Bertz CT molecular complexity index is 2300. The number of aromatic hydroxyl groups is 1. The number of nitrogens with one attached hydrogen (secondary N) is 7. The number of para-hydroxylation sites is 1. The summed E-state index contributed by atoms with van der Waals surface area (Å²) in [5.74, 6) is -6.73. The minimum Gasteiger partial charge on any atom is -0.508 e. The smallest absolute Gasteiger partial charge is 0.328 e. The second-order valence-electron chi connectivity index (χ2n) is 15.8. The molecule has 0 aliphatic heterocycles. The van der Waals surface area contributed by atoms with Gasteiger partial charge in [0.15, 0.2) is 6.04 Å². The summed E-state index contributed by atoms with van der Waals surface area (Å²) in [6, 6.07) is 12.7. The second kappa shape index (κ2) is 26.2. The summed E-state index contributed by atoms with van der Waals surface area (Å²) < 4.78 is 0. The largest absolute Gasteiger partial charge is 0.508 e. The fourth-order valence-corrected chi connectivity index (χ4v) is 8.94. The molecular weight excluding hydrogens is 907 g/mol. The molecule has 20 nitrogen and oxygen atoms in total. The molecule has 0 saturated carbocycles. The van der Waals surface area contributed by atoms with Crippen LogP contribution < -0.4 is 43.4 Å². The van der Waals surface area contributed by atoms with E-state index in [1.54, 1.807) is 55.6 Å². The van der Waals surface area contributed by atoms with Crippen LogP contribution in [0, 0.1) is 0 Å². The van der Waals surface area contributed by atoms with Crippen LogP contribution in [0.3, 0.4) is 0 Å². The number of amides is 6. The first kappa shape index (κ1) is 53.4. The Morgan fingerprint density at radius 3 is 1.72 bits per heavy atom. The third-order valence-electron chi connectivity index (χ3n) is 10.4. The van der Waals surface area contributed by atoms with E-state index >= 15 is 0 Å². The maximum absolute atomic E-state index is 14.4. The molecule has 9 atom stereocenters. The van der Waals surface area contributed by atoms with Gasteiger partial charge in [0, 0.05) is 48.0 Å². The molecule has 2 unspecified atom stereocenters. The normalized spacial score (nSPS) is 15.3. The summed E-state index contributed by atoms with van der Waals surface area (Å²) in [7, 11) is 1.91. The molecule has 0 fully saturated rings. The lowest BCUT2D eigenvalue weighted by molar-refractivity contribution is -0.145. The number of aromatic amines is 1. The topological polar surface area (TPSA) is 340 Å². The number of phenolic OH excluding ortho intramolecular Hbond substituents is 1. The number of carboxylic acid groups (broad SMARTS) is 1. The second-order valence-corrected chi connectivity index (χ2v) is 18.3. The highest BCUT2D eigenvalue weighted by Crippen LogP contribution is 2.24. The molecule has 0 saturated heterocycles. The van der Waals surface area contributed by atoms with Crippen LogP contribution in [0.25, 0.3) is 10.9 Å². The predicted molar refractivity (Wildman–Crippen MR) is 254 cm³/mol. The van der Waals surface area contributed by atoms with Crippen LogP contribution in [0.15, 0.2) is 85.1 Å². The van der Waals surface area contributed by atoms with Crippen LogP contribution in [0.5, 0.6) is 5.75 Å². The Labute approximate surface area is 394 Å². The van der Waals surface area contributed by atoms with E-state index in [2.05, 4.69) is 36.9 Å². The van der Waals surface area contributed by atoms with Crippen molar-refractivity contribution in [2.45, 2.75) is 94.5 Å². The quantitative estimate of drug-likeness (QED) is 0.0275. The van der Waals surface area contributed by atoms with Gasteiger partial charge in [0.25, 0.3) is 0 Å². The number of aromatic nitrogens is 1. The Kier molecular flexibility index (Phi) is 20.9. The summed E-state index contributed by atoms with van der Waals surface area (Å²) in [4.78, 5) is 96.9. The van der Waals surface area contributed by atoms with E-state index in [0.717, 1.165) is 50.5 Å². The maximum atomic E-state index is 14.4. The van der Waals surface area contributed by atoms with Gasteiger partial charge in [-0.2, -0.15) is 0 Å². The number of carbonyl (C=O) groups is 7. The number of nitrogens with two attached hydrogens (primary N) is 2. The van der Waals surface area contributed by atoms with Gasteiger partial charge < -0.3 is 68.8 Å². The van der Waals surface area contributed by atoms with E-state index in [1.165, 1.54) is 19.1 Å². The molecule has 3 aromatic carbocycles. The van der Waals surface area contributed by atoms with E-state index in [4.69, 9.17) is 11.5 Å². The zero-order valence-electron chi connectivity index (χ0n) is 37.1. The molecule has 15 N–H and O–H groups in total. The number of likely N-dealkylation sites (N-methyl/N-ethyl adjacent to an activating group) is 1. The van der Waals surface area contributed by atoms with Gasteiger partial charge >= 0.3 is 5.97 Å². The number of benzene rings is 3. The van der Waals surface area contributed by atoms with Crippen molar-refractivity contribution in [2.75, 3.05) is 18.1 Å². The van der Waals surface area contributed by atoms with Gasteiger partial charge in [0.1, 0.15) is 36.0 Å². The van der Waals surface area contributed by atoms with Crippen LogP contribution in [-0.2, 0) is 52.8 Å². The highest BCUT2D eigenvalue weighted by Gasteiger charge is 2.34. The third kappa shape index (κ3) is 16.6. The summed E-state index contributed by atoms with van der Waals surface area (Å²) in [5.41, 5.74) is 15.0. The van der Waals surface area contributed by atoms with E-state index in [-0.39, 0.29) is 43.1 Å². The highest BCUT2D eigenvalue weighted by atomic mass is 33.1. The Morgan fingerprint density at radius 1 is 0.612 bits per heavy atom. The van der Waals surface area contributed by atoms with Gasteiger partial charge in [-0.15, -0.1) is 0 Å². The average molecular weight is 966 g/mol. The van der Waals surface area contributed by atoms with Crippen molar-refractivity contribution < 1.29 is 54.0 Å². The molecule has 0 aliphatic rings. The average Bonchev–Trinajstić information content (AvgIpc) is 3.70. The molecule has 4 aromatic rings. The number of rotatable bonds is 26. The standard InChI is InChI=1S/C45H59N9O11S2/c1-4-48-40(59)34(20-28-21-49-32-13-9-8-12-30(28)32)51-41(60)33(19-27-14-16-29(57)17-15-27)50-42(61)35(52-39(58)31(46)18-26-10-6-5-7-11-26)22-66-67-23-36(53-44(63)37(47)24(2)55)43(62)54-38(25(3)56)45(64)65/h5-17,21,24-25,31,33-38,49,55-57H,4,18-20,22-23,46-47H2,1-3H3,(H,48,59)(H,50,61)(H,51,60)(H,52,58)(H,53,63)(H,54,62)(H,64,65)/t24?,25-,31-,33+,34-,35+,36+,37+,38?/m1/s1. The summed E-state index contributed by atoms with van der Waals surface area (Å²) in [5, 5.41) is 55.7. The molecule has 67 heavy (non-hydrogen) atoms. The Balaban J connectivity index is 1.60. The first-order valence-electron chi connectivity index (χ1n) is 21.4. The van der Waals surface area contributed by atoms with Crippen LogP contribution in [0.1, 0.15) is 37.5 Å². The van der Waals surface area contributed by atoms with E-state index in [1.807, 2.05) is 24.3 Å². The first-order valence-corrected chi connectivity index (χ1v) is 23.9. The van der Waals surface area contributed by atoms with Gasteiger partial charge in [-0.05, 0) is 62.1 Å². The number of aliphatic carboxylic acids is 1. The number of phenols is 1. The molecule has 22 heteroatoms. The van der Waals surface area contributed by atoms with Crippen LogP contribution in [-0.4, -0.2) is 139 Å². The molecule has 1 aromatic heterocycles. The van der Waals surface area contributed by atoms with E-state index < -0.39 is 95.9 Å². The lowest BCUT2D eigenvalue weighted by Gasteiger charge is -2.26. The maximum Gasteiger partial charge on any atom is 0.328 e. The lowest BCUT2D eigenvalue weighted by Crippen LogP contribution is -2.59. The molecule has 6 amide bonds. The monoisotopic (exact) mass is 965 g/mol. The zero-order valence-corrected chi connectivity index (χ0v) is 38.8. The lowest BCUT2D eigenvalue weighted by atomic mass is 10.0. The van der Waals surface area contributed by atoms with Crippen molar-refractivity contribution in [1.29, 1.82) is 0 Å². The highest BCUT2D eigenvalue weighted by molar-refractivity contribution is 8.76. The SMILES string of the molecule is CCNC(=O)[C@@H](Cc1c[nH]c2ccccc12)NC(=O)[C@H](Cc1ccc(O)cc1)NC(=O)[C@H](CSSC[C@H](NC(=O)[C@@H](N)C(C)O)C(=O)NC(C(=O)O)[C@@H](C)O)NC(=O)[C@H](N)Cc1ccccc1. The van der Waals surface area contributed by atoms with Gasteiger partial charge in [0.05, 0.1) is 18.2 Å². The minimum absolute atomic E-state index is 0.0392. The predicted octanol–water partition coefficient (Wildman–Crippen LogP) is -0.656. The van der Waals surface area contributed by atoms with Gasteiger partial charge in [-0.3, -0.25) is 28.8 Å². The molecular formula is C45H59N9O11S2. The molecule has 0 spiro atoms. The number of H-pyrrole nitrogens is 1. The number of fused-ring (bicyclic) bond motifs is 1. The zero-order chi connectivity index (χ0) is 49.2. The van der Waals surface area contributed by atoms with Crippen molar-refractivity contribution in [3.8, 4) is 5.75 Å². The number of aliphatic hydroxyl groups is 2. The number of hydrogen-bond donors (Lipinski definition) is 13. The number of aliphatic hydroxyl groups excluding tert-OH is 2. The molecule has 0 bridgehead atoms. The Hall–Kier alpha value is -6.17. The summed E-state index contributed by atoms with van der Waals surface area (Å²) in [6.07, 6.45) is -0.994. The van der Waals surface area contributed by atoms with Crippen LogP contribution in [0.4, 0.5) is 0 Å². The van der Waals surface area contributed by atoms with Gasteiger partial charge in [-0.25, -0.2) is 4.79 Å². The molecule has 362 valence electrons.